The van der Waals surface area contributed by atoms with E-state index in [9.17, 15) is 12.8 Å². The Hall–Kier alpha value is -1.32. The van der Waals surface area contributed by atoms with Gasteiger partial charge in [0.1, 0.15) is 5.82 Å². The molecule has 0 saturated carbocycles. The van der Waals surface area contributed by atoms with E-state index in [1.807, 2.05) is 0 Å². The molecule has 25 heavy (non-hydrogen) atoms. The SMILES string of the molecule is COC(CN(Cc1ccc(Br)cc1F)S(=O)(=O)c1ccccc1)OC. The summed E-state index contributed by atoms with van der Waals surface area (Å²) in [6.45, 7) is -0.209. The van der Waals surface area contributed by atoms with Crippen molar-refractivity contribution in [2.24, 2.45) is 0 Å². The van der Waals surface area contributed by atoms with Crippen LogP contribution in [0.1, 0.15) is 5.56 Å². The zero-order chi connectivity index (χ0) is 18.4. The van der Waals surface area contributed by atoms with Crippen LogP contribution in [0.3, 0.4) is 0 Å². The third kappa shape index (κ3) is 5.08. The fourth-order valence-corrected chi connectivity index (χ4v) is 4.00. The summed E-state index contributed by atoms with van der Waals surface area (Å²) in [5.41, 5.74) is 0.258. The monoisotopic (exact) mass is 431 g/mol. The minimum Gasteiger partial charge on any atom is -0.354 e. The predicted octanol–water partition coefficient (Wildman–Crippen LogP) is 3.40. The molecule has 0 unspecified atom stereocenters. The van der Waals surface area contributed by atoms with Gasteiger partial charge in [-0.25, -0.2) is 12.8 Å². The number of nitrogens with zero attached hydrogens (tertiary/aromatic N) is 1. The number of sulfonamides is 1. The molecule has 2 aromatic carbocycles. The molecule has 0 aliphatic heterocycles. The lowest BCUT2D eigenvalue weighted by Gasteiger charge is -2.26. The number of benzene rings is 2. The first kappa shape index (κ1) is 20.0. The van der Waals surface area contributed by atoms with Crippen LogP contribution in [-0.4, -0.2) is 39.8 Å². The summed E-state index contributed by atoms with van der Waals surface area (Å²) in [6.07, 6.45) is -0.767. The number of hydrogen-bond acceptors (Lipinski definition) is 4. The standard InChI is InChI=1S/C17H19BrFNO4S/c1-23-17(24-2)12-20(11-13-8-9-14(18)10-16(13)19)25(21,22)15-6-4-3-5-7-15/h3-10,17H,11-12H2,1-2H3. The molecular weight excluding hydrogens is 413 g/mol. The summed E-state index contributed by atoms with van der Waals surface area (Å²) < 4.78 is 52.1. The van der Waals surface area contributed by atoms with Crippen molar-refractivity contribution < 1.29 is 22.3 Å². The lowest BCUT2D eigenvalue weighted by Crippen LogP contribution is -2.38. The van der Waals surface area contributed by atoms with Gasteiger partial charge in [-0.3, -0.25) is 0 Å². The van der Waals surface area contributed by atoms with Gasteiger partial charge in [0.25, 0.3) is 0 Å². The van der Waals surface area contributed by atoms with Gasteiger partial charge in [0.2, 0.25) is 10.0 Å². The first-order valence-electron chi connectivity index (χ1n) is 7.43. The maximum atomic E-state index is 14.2. The van der Waals surface area contributed by atoms with Crippen LogP contribution in [0.5, 0.6) is 0 Å². The zero-order valence-corrected chi connectivity index (χ0v) is 16.3. The highest BCUT2D eigenvalue weighted by atomic mass is 79.9. The maximum Gasteiger partial charge on any atom is 0.243 e. The van der Waals surface area contributed by atoms with E-state index in [2.05, 4.69) is 15.9 Å². The van der Waals surface area contributed by atoms with E-state index in [0.29, 0.717) is 4.47 Å². The molecule has 0 N–H and O–H groups in total. The van der Waals surface area contributed by atoms with Gasteiger partial charge in [-0.15, -0.1) is 0 Å². The molecule has 0 radical (unpaired) electrons. The number of rotatable bonds is 8. The minimum absolute atomic E-state index is 0.0697. The fraction of sp³-hybridized carbons (Fsp3) is 0.294. The molecule has 0 aromatic heterocycles. The van der Waals surface area contributed by atoms with Gasteiger partial charge in [-0.2, -0.15) is 4.31 Å². The summed E-state index contributed by atoms with van der Waals surface area (Å²) in [7, 11) is -1.01. The van der Waals surface area contributed by atoms with E-state index in [4.69, 9.17) is 9.47 Å². The molecule has 0 heterocycles. The quantitative estimate of drug-likeness (QED) is 0.601. The third-order valence-electron chi connectivity index (χ3n) is 3.62. The molecule has 0 atom stereocenters. The van der Waals surface area contributed by atoms with Gasteiger partial charge in [0.15, 0.2) is 6.29 Å². The van der Waals surface area contributed by atoms with Crippen molar-refractivity contribution in [2.45, 2.75) is 17.7 Å². The Morgan fingerprint density at radius 1 is 1.12 bits per heavy atom. The summed E-state index contributed by atoms with van der Waals surface area (Å²) in [5, 5.41) is 0. The summed E-state index contributed by atoms with van der Waals surface area (Å²) >= 11 is 3.19. The van der Waals surface area contributed by atoms with Crippen molar-refractivity contribution in [3.05, 3.63) is 64.4 Å². The second-order valence-electron chi connectivity index (χ2n) is 5.25. The molecule has 8 heteroatoms. The summed E-state index contributed by atoms with van der Waals surface area (Å²) in [6, 6.07) is 12.5. The molecule has 0 amide bonds. The van der Waals surface area contributed by atoms with E-state index in [0.717, 1.165) is 4.31 Å². The summed E-state index contributed by atoms with van der Waals surface area (Å²) in [4.78, 5) is 0.124. The molecule has 0 bridgehead atoms. The molecule has 0 fully saturated rings. The van der Waals surface area contributed by atoms with E-state index < -0.39 is 22.1 Å². The fourth-order valence-electron chi connectivity index (χ4n) is 2.24. The van der Waals surface area contributed by atoms with Crippen molar-refractivity contribution in [2.75, 3.05) is 20.8 Å². The van der Waals surface area contributed by atoms with Crippen LogP contribution in [0, 0.1) is 5.82 Å². The number of hydrogen-bond donors (Lipinski definition) is 0. The number of halogens is 2. The molecule has 136 valence electrons. The van der Waals surface area contributed by atoms with Crippen molar-refractivity contribution in [3.8, 4) is 0 Å². The molecular formula is C17H19BrFNO4S. The largest absolute Gasteiger partial charge is 0.354 e. The van der Waals surface area contributed by atoms with E-state index >= 15 is 0 Å². The highest BCUT2D eigenvalue weighted by Gasteiger charge is 2.28. The van der Waals surface area contributed by atoms with Crippen molar-refractivity contribution in [3.63, 3.8) is 0 Å². The third-order valence-corrected chi connectivity index (χ3v) is 5.94. The van der Waals surface area contributed by atoms with Crippen molar-refractivity contribution in [1.29, 1.82) is 0 Å². The zero-order valence-electron chi connectivity index (χ0n) is 13.9. The highest BCUT2D eigenvalue weighted by Crippen LogP contribution is 2.22. The van der Waals surface area contributed by atoms with Crippen LogP contribution < -0.4 is 0 Å². The molecule has 0 aliphatic carbocycles. The van der Waals surface area contributed by atoms with Gasteiger partial charge < -0.3 is 9.47 Å². The van der Waals surface area contributed by atoms with Crippen LogP contribution in [-0.2, 0) is 26.0 Å². The van der Waals surface area contributed by atoms with Gasteiger partial charge in [0.05, 0.1) is 11.4 Å². The maximum absolute atomic E-state index is 14.2. The van der Waals surface area contributed by atoms with Gasteiger partial charge in [-0.1, -0.05) is 40.2 Å². The van der Waals surface area contributed by atoms with Gasteiger partial charge >= 0.3 is 0 Å². The Balaban J connectivity index is 2.39. The molecule has 0 saturated heterocycles. The Morgan fingerprint density at radius 2 is 1.76 bits per heavy atom. The first-order chi connectivity index (χ1) is 11.9. The Bertz CT molecular complexity index is 798. The Labute approximate surface area is 155 Å². The molecule has 5 nitrogen and oxygen atoms in total. The Morgan fingerprint density at radius 3 is 2.32 bits per heavy atom. The van der Waals surface area contributed by atoms with Crippen LogP contribution in [0.2, 0.25) is 0 Å². The van der Waals surface area contributed by atoms with Gasteiger partial charge in [0, 0.05) is 30.8 Å². The molecule has 2 rings (SSSR count). The highest BCUT2D eigenvalue weighted by molar-refractivity contribution is 9.10. The van der Waals surface area contributed by atoms with Crippen LogP contribution >= 0.6 is 15.9 Å². The van der Waals surface area contributed by atoms with Crippen LogP contribution in [0.15, 0.2) is 57.9 Å². The number of methoxy groups -OCH3 is 2. The van der Waals surface area contributed by atoms with E-state index in [-0.39, 0.29) is 23.5 Å². The lowest BCUT2D eigenvalue weighted by atomic mass is 10.2. The Kier molecular flexibility index (Phi) is 7.09. The van der Waals surface area contributed by atoms with E-state index in [1.165, 1.54) is 32.4 Å². The predicted molar refractivity (Wildman–Crippen MR) is 95.9 cm³/mol. The van der Waals surface area contributed by atoms with Crippen molar-refractivity contribution in [1.82, 2.24) is 4.31 Å². The van der Waals surface area contributed by atoms with Crippen molar-refractivity contribution >= 4 is 26.0 Å². The van der Waals surface area contributed by atoms with Crippen LogP contribution in [0.4, 0.5) is 4.39 Å². The van der Waals surface area contributed by atoms with E-state index in [1.54, 1.807) is 30.3 Å². The smallest absolute Gasteiger partial charge is 0.243 e. The summed E-state index contributed by atoms with van der Waals surface area (Å²) in [5.74, 6) is -0.492. The molecule has 0 aliphatic rings. The van der Waals surface area contributed by atoms with Crippen LogP contribution in [0.25, 0.3) is 0 Å². The topological polar surface area (TPSA) is 55.8 Å². The minimum atomic E-state index is -3.85. The number of ether oxygens (including phenoxy) is 2. The second-order valence-corrected chi connectivity index (χ2v) is 8.10. The molecule has 0 spiro atoms. The second kappa shape index (κ2) is 8.86. The average molecular weight is 432 g/mol. The lowest BCUT2D eigenvalue weighted by molar-refractivity contribution is -0.108. The first-order valence-corrected chi connectivity index (χ1v) is 9.66. The van der Waals surface area contributed by atoms with Gasteiger partial charge in [-0.05, 0) is 24.3 Å². The normalized spacial score (nSPS) is 12.1. The molecule has 2 aromatic rings. The average Bonchev–Trinajstić information content (AvgIpc) is 2.61.